The van der Waals surface area contributed by atoms with E-state index in [1.165, 1.54) is 0 Å². The molecule has 5 heteroatoms. The molecule has 2 amide bonds. The zero-order chi connectivity index (χ0) is 13.8. The van der Waals surface area contributed by atoms with Gasteiger partial charge in [0.1, 0.15) is 0 Å². The predicted octanol–water partition coefficient (Wildman–Crippen LogP) is 1.01. The molecular formula is C14H19N3O2. The van der Waals surface area contributed by atoms with Crippen molar-refractivity contribution >= 4 is 17.5 Å². The first-order valence-electron chi connectivity index (χ1n) is 6.55. The molecule has 0 bridgehead atoms. The molecule has 0 spiro atoms. The number of likely N-dealkylation sites (tertiary alicyclic amines) is 1. The van der Waals surface area contributed by atoms with E-state index < -0.39 is 0 Å². The molecule has 1 saturated heterocycles. The van der Waals surface area contributed by atoms with E-state index in [9.17, 15) is 9.59 Å². The zero-order valence-corrected chi connectivity index (χ0v) is 11.1. The minimum Gasteiger partial charge on any atom is -0.398 e. The Balaban J connectivity index is 1.94. The second-order valence-corrected chi connectivity index (χ2v) is 4.74. The summed E-state index contributed by atoms with van der Waals surface area (Å²) >= 11 is 0. The fourth-order valence-corrected chi connectivity index (χ4v) is 2.30. The van der Waals surface area contributed by atoms with Gasteiger partial charge in [0.05, 0.1) is 5.56 Å². The minimum atomic E-state index is -0.172. The molecule has 1 fully saturated rings. The van der Waals surface area contributed by atoms with Crippen molar-refractivity contribution in [2.45, 2.75) is 25.8 Å². The summed E-state index contributed by atoms with van der Waals surface area (Å²) in [5.74, 6) is -0.0372. The SMILES string of the molecule is CCC(=O)N1CCC(NC(=O)c2ccccc2N)C1. The average molecular weight is 261 g/mol. The third kappa shape index (κ3) is 3.05. The number of nitrogen functional groups attached to an aromatic ring is 1. The van der Waals surface area contributed by atoms with Gasteiger partial charge in [-0.2, -0.15) is 0 Å². The van der Waals surface area contributed by atoms with Crippen molar-refractivity contribution in [1.29, 1.82) is 0 Å². The third-order valence-corrected chi connectivity index (χ3v) is 3.38. The van der Waals surface area contributed by atoms with Crippen molar-refractivity contribution in [3.05, 3.63) is 29.8 Å². The van der Waals surface area contributed by atoms with E-state index in [1.807, 2.05) is 6.92 Å². The minimum absolute atomic E-state index is 0.0163. The van der Waals surface area contributed by atoms with Crippen LogP contribution in [0.3, 0.4) is 0 Å². The molecule has 2 rings (SSSR count). The van der Waals surface area contributed by atoms with E-state index in [1.54, 1.807) is 29.2 Å². The molecule has 1 aromatic carbocycles. The summed E-state index contributed by atoms with van der Waals surface area (Å²) in [7, 11) is 0. The van der Waals surface area contributed by atoms with E-state index >= 15 is 0 Å². The number of hydrogen-bond acceptors (Lipinski definition) is 3. The lowest BCUT2D eigenvalue weighted by atomic mass is 10.1. The van der Waals surface area contributed by atoms with Crippen LogP contribution in [-0.4, -0.2) is 35.8 Å². The number of nitrogens with zero attached hydrogens (tertiary/aromatic N) is 1. The molecule has 19 heavy (non-hydrogen) atoms. The van der Waals surface area contributed by atoms with Gasteiger partial charge in [0, 0.05) is 31.2 Å². The molecule has 0 aromatic heterocycles. The average Bonchev–Trinajstić information content (AvgIpc) is 2.86. The topological polar surface area (TPSA) is 75.4 Å². The second kappa shape index (κ2) is 5.73. The second-order valence-electron chi connectivity index (χ2n) is 4.74. The summed E-state index contributed by atoms with van der Waals surface area (Å²) < 4.78 is 0. The van der Waals surface area contributed by atoms with Crippen LogP contribution >= 0.6 is 0 Å². The smallest absolute Gasteiger partial charge is 0.253 e. The van der Waals surface area contributed by atoms with Gasteiger partial charge in [-0.15, -0.1) is 0 Å². The van der Waals surface area contributed by atoms with Gasteiger partial charge in [-0.3, -0.25) is 9.59 Å². The van der Waals surface area contributed by atoms with E-state index in [0.717, 1.165) is 6.42 Å². The molecule has 3 N–H and O–H groups in total. The third-order valence-electron chi connectivity index (χ3n) is 3.38. The fourth-order valence-electron chi connectivity index (χ4n) is 2.30. The summed E-state index contributed by atoms with van der Waals surface area (Å²) in [5.41, 5.74) is 6.73. The maximum atomic E-state index is 12.1. The first kappa shape index (κ1) is 13.4. The monoisotopic (exact) mass is 261 g/mol. The fraction of sp³-hybridized carbons (Fsp3) is 0.429. The summed E-state index contributed by atoms with van der Waals surface area (Å²) in [5, 5.41) is 2.93. The summed E-state index contributed by atoms with van der Waals surface area (Å²) in [4.78, 5) is 25.4. The first-order chi connectivity index (χ1) is 9.11. The molecule has 0 aliphatic carbocycles. The number of benzene rings is 1. The summed E-state index contributed by atoms with van der Waals surface area (Å²) in [6.45, 7) is 3.14. The van der Waals surface area contributed by atoms with Gasteiger partial charge in [0.15, 0.2) is 0 Å². The van der Waals surface area contributed by atoms with Gasteiger partial charge in [0.25, 0.3) is 5.91 Å². The van der Waals surface area contributed by atoms with E-state index in [-0.39, 0.29) is 17.9 Å². The van der Waals surface area contributed by atoms with Crippen LogP contribution in [0, 0.1) is 0 Å². The standard InChI is InChI=1S/C14H19N3O2/c1-2-13(18)17-8-7-10(9-17)16-14(19)11-5-3-4-6-12(11)15/h3-6,10H,2,7-9,15H2,1H3,(H,16,19). The maximum Gasteiger partial charge on any atom is 0.253 e. The van der Waals surface area contributed by atoms with Crippen molar-refractivity contribution in [3.8, 4) is 0 Å². The van der Waals surface area contributed by atoms with Gasteiger partial charge >= 0.3 is 0 Å². The molecule has 1 atom stereocenters. The highest BCUT2D eigenvalue weighted by Gasteiger charge is 2.26. The molecule has 0 saturated carbocycles. The zero-order valence-electron chi connectivity index (χ0n) is 11.1. The van der Waals surface area contributed by atoms with Crippen LogP contribution in [0.2, 0.25) is 0 Å². The lowest BCUT2D eigenvalue weighted by molar-refractivity contribution is -0.129. The van der Waals surface area contributed by atoms with Gasteiger partial charge in [0.2, 0.25) is 5.91 Å². The number of carbonyl (C=O) groups is 2. The molecule has 1 aromatic rings. The Labute approximate surface area is 112 Å². The summed E-state index contributed by atoms with van der Waals surface area (Å²) in [6, 6.07) is 7.00. The van der Waals surface area contributed by atoms with Crippen molar-refractivity contribution in [3.63, 3.8) is 0 Å². The van der Waals surface area contributed by atoms with Crippen LogP contribution in [0.5, 0.6) is 0 Å². The van der Waals surface area contributed by atoms with Crippen LogP contribution < -0.4 is 11.1 Å². The number of amides is 2. The molecule has 5 nitrogen and oxygen atoms in total. The van der Waals surface area contributed by atoms with Crippen LogP contribution in [-0.2, 0) is 4.79 Å². The highest BCUT2D eigenvalue weighted by molar-refractivity contribution is 5.99. The molecule has 1 heterocycles. The molecule has 1 aliphatic heterocycles. The Morgan fingerprint density at radius 2 is 2.16 bits per heavy atom. The Morgan fingerprint density at radius 3 is 2.84 bits per heavy atom. The number of nitrogens with one attached hydrogen (secondary N) is 1. The van der Waals surface area contributed by atoms with Crippen LogP contribution in [0.15, 0.2) is 24.3 Å². The Hall–Kier alpha value is -2.04. The largest absolute Gasteiger partial charge is 0.398 e. The lowest BCUT2D eigenvalue weighted by Gasteiger charge is -2.16. The summed E-state index contributed by atoms with van der Waals surface area (Å²) in [6.07, 6.45) is 1.30. The van der Waals surface area contributed by atoms with Gasteiger partial charge < -0.3 is 16.0 Å². The van der Waals surface area contributed by atoms with Crippen molar-refractivity contribution in [2.75, 3.05) is 18.8 Å². The number of para-hydroxylation sites is 1. The predicted molar refractivity (Wildman–Crippen MR) is 73.6 cm³/mol. The Morgan fingerprint density at radius 1 is 1.42 bits per heavy atom. The van der Waals surface area contributed by atoms with Crippen molar-refractivity contribution in [2.24, 2.45) is 0 Å². The van der Waals surface area contributed by atoms with Gasteiger partial charge in [-0.1, -0.05) is 19.1 Å². The molecule has 0 radical (unpaired) electrons. The highest BCUT2D eigenvalue weighted by atomic mass is 16.2. The number of nitrogens with two attached hydrogens (primary N) is 1. The molecule has 1 aliphatic rings. The Kier molecular flexibility index (Phi) is 4.04. The van der Waals surface area contributed by atoms with E-state index in [2.05, 4.69) is 5.32 Å². The number of rotatable bonds is 3. The van der Waals surface area contributed by atoms with Crippen LogP contribution in [0.1, 0.15) is 30.1 Å². The van der Waals surface area contributed by atoms with Gasteiger partial charge in [-0.25, -0.2) is 0 Å². The number of anilines is 1. The molecule has 1 unspecified atom stereocenters. The first-order valence-corrected chi connectivity index (χ1v) is 6.55. The van der Waals surface area contributed by atoms with E-state index in [0.29, 0.717) is 30.8 Å². The normalized spacial score (nSPS) is 18.4. The number of carbonyl (C=O) groups excluding carboxylic acids is 2. The quantitative estimate of drug-likeness (QED) is 0.797. The molecule has 102 valence electrons. The maximum absolute atomic E-state index is 12.1. The molecular weight excluding hydrogens is 242 g/mol. The highest BCUT2D eigenvalue weighted by Crippen LogP contribution is 2.14. The van der Waals surface area contributed by atoms with Crippen molar-refractivity contribution < 1.29 is 9.59 Å². The Bertz CT molecular complexity index is 487. The van der Waals surface area contributed by atoms with Crippen LogP contribution in [0.4, 0.5) is 5.69 Å². The van der Waals surface area contributed by atoms with E-state index in [4.69, 9.17) is 5.73 Å². The lowest BCUT2D eigenvalue weighted by Crippen LogP contribution is -2.38. The van der Waals surface area contributed by atoms with Crippen molar-refractivity contribution in [1.82, 2.24) is 10.2 Å². The number of hydrogen-bond donors (Lipinski definition) is 2. The van der Waals surface area contributed by atoms with Gasteiger partial charge in [-0.05, 0) is 18.6 Å². The van der Waals surface area contributed by atoms with Crippen LogP contribution in [0.25, 0.3) is 0 Å².